The number of thioether (sulfide) groups is 1. The van der Waals surface area contributed by atoms with Crippen LogP contribution in [0.5, 0.6) is 11.5 Å². The van der Waals surface area contributed by atoms with Crippen molar-refractivity contribution in [2.45, 2.75) is 6.04 Å². The Hall–Kier alpha value is -0.820. The molecular formula is C12H14Cl2N2O3S. The maximum absolute atomic E-state index is 12.0. The summed E-state index contributed by atoms with van der Waals surface area (Å²) in [4.78, 5) is 12.0. The summed E-state index contributed by atoms with van der Waals surface area (Å²) in [6, 6.07) is 3.20. The first kappa shape index (κ1) is 15.6. The number of nitrogens with one attached hydrogen (secondary N) is 2. The molecule has 110 valence electrons. The van der Waals surface area contributed by atoms with E-state index < -0.39 is 0 Å². The maximum atomic E-state index is 12.0. The van der Waals surface area contributed by atoms with E-state index in [1.165, 1.54) is 0 Å². The molecule has 0 saturated carbocycles. The zero-order valence-electron chi connectivity index (χ0n) is 10.5. The number of rotatable bonds is 2. The van der Waals surface area contributed by atoms with Gasteiger partial charge in [-0.3, -0.25) is 10.1 Å². The van der Waals surface area contributed by atoms with Crippen LogP contribution in [0.1, 0.15) is 0 Å². The first-order valence-corrected chi connectivity index (χ1v) is 7.48. The molecule has 1 amide bonds. The molecule has 2 heterocycles. The van der Waals surface area contributed by atoms with Crippen LogP contribution in [0.3, 0.4) is 0 Å². The lowest BCUT2D eigenvalue weighted by molar-refractivity contribution is -0.117. The highest BCUT2D eigenvalue weighted by Crippen LogP contribution is 2.38. The summed E-state index contributed by atoms with van der Waals surface area (Å²) in [5.41, 5.74) is 0.551. The molecular weight excluding hydrogens is 323 g/mol. The predicted octanol–water partition coefficient (Wildman–Crippen LogP) is 2.13. The molecule has 0 aromatic heterocycles. The highest BCUT2D eigenvalue weighted by atomic mass is 35.5. The Balaban J connectivity index is 0.00000147. The van der Waals surface area contributed by atoms with Gasteiger partial charge >= 0.3 is 0 Å². The molecule has 0 aliphatic carbocycles. The first-order valence-electron chi connectivity index (χ1n) is 5.95. The second kappa shape index (κ2) is 6.76. The second-order valence-corrected chi connectivity index (χ2v) is 5.67. The van der Waals surface area contributed by atoms with Crippen molar-refractivity contribution in [2.24, 2.45) is 0 Å². The van der Waals surface area contributed by atoms with Gasteiger partial charge in [-0.05, 0) is 0 Å². The normalized spacial score (nSPS) is 20.1. The molecule has 1 aromatic carbocycles. The highest BCUT2D eigenvalue weighted by molar-refractivity contribution is 7.99. The SMILES string of the molecule is Cl.O=C(Nc1cc2c(cc1Cl)OCCO2)C1CSCN1. The summed E-state index contributed by atoms with van der Waals surface area (Å²) < 4.78 is 10.9. The van der Waals surface area contributed by atoms with Gasteiger partial charge < -0.3 is 14.8 Å². The average molecular weight is 337 g/mol. The molecule has 0 radical (unpaired) electrons. The minimum Gasteiger partial charge on any atom is -0.486 e. The van der Waals surface area contributed by atoms with Gasteiger partial charge in [0.2, 0.25) is 5.91 Å². The second-order valence-electron chi connectivity index (χ2n) is 4.24. The third kappa shape index (κ3) is 3.25. The zero-order valence-corrected chi connectivity index (χ0v) is 12.9. The molecule has 1 aromatic rings. The summed E-state index contributed by atoms with van der Waals surface area (Å²) in [5.74, 6) is 2.72. The van der Waals surface area contributed by atoms with Gasteiger partial charge in [-0.2, -0.15) is 0 Å². The molecule has 0 bridgehead atoms. The monoisotopic (exact) mass is 336 g/mol. The van der Waals surface area contributed by atoms with Gasteiger partial charge in [-0.1, -0.05) is 11.6 Å². The molecule has 1 atom stereocenters. The number of anilines is 1. The van der Waals surface area contributed by atoms with Crippen LogP contribution in [0.4, 0.5) is 5.69 Å². The lowest BCUT2D eigenvalue weighted by atomic mass is 10.2. The van der Waals surface area contributed by atoms with E-state index >= 15 is 0 Å². The third-order valence-electron chi connectivity index (χ3n) is 2.92. The van der Waals surface area contributed by atoms with Crippen molar-refractivity contribution in [1.29, 1.82) is 0 Å². The van der Waals surface area contributed by atoms with Crippen LogP contribution in [0.25, 0.3) is 0 Å². The molecule has 3 rings (SSSR count). The Bertz CT molecular complexity index is 510. The number of ether oxygens (including phenoxy) is 2. The van der Waals surface area contributed by atoms with Crippen LogP contribution in [0.15, 0.2) is 12.1 Å². The fourth-order valence-corrected chi connectivity index (χ4v) is 3.09. The number of hydrogen-bond donors (Lipinski definition) is 2. The van der Waals surface area contributed by atoms with Crippen LogP contribution in [-0.2, 0) is 4.79 Å². The van der Waals surface area contributed by atoms with E-state index in [1.807, 2.05) is 0 Å². The van der Waals surface area contributed by atoms with Crippen molar-refractivity contribution in [3.63, 3.8) is 0 Å². The van der Waals surface area contributed by atoms with Gasteiger partial charge in [0.25, 0.3) is 0 Å². The quantitative estimate of drug-likeness (QED) is 0.866. The fraction of sp³-hybridized carbons (Fsp3) is 0.417. The average Bonchev–Trinajstić information content (AvgIpc) is 2.93. The number of hydrogen-bond acceptors (Lipinski definition) is 5. The van der Waals surface area contributed by atoms with Crippen molar-refractivity contribution in [3.8, 4) is 11.5 Å². The van der Waals surface area contributed by atoms with Crippen molar-refractivity contribution in [3.05, 3.63) is 17.2 Å². The van der Waals surface area contributed by atoms with Crippen LogP contribution >= 0.6 is 35.8 Å². The standard InChI is InChI=1S/C12H13ClN2O3S.ClH/c13-7-3-10-11(18-2-1-17-10)4-8(7)15-12(16)9-5-19-6-14-9;/h3-4,9,14H,1-2,5-6H2,(H,15,16);1H. The number of halogens is 2. The molecule has 1 saturated heterocycles. The maximum Gasteiger partial charge on any atom is 0.242 e. The van der Waals surface area contributed by atoms with E-state index in [4.69, 9.17) is 21.1 Å². The van der Waals surface area contributed by atoms with Gasteiger partial charge in [0.05, 0.1) is 16.8 Å². The number of carbonyl (C=O) groups is 1. The smallest absolute Gasteiger partial charge is 0.242 e. The Morgan fingerprint density at radius 2 is 2.05 bits per heavy atom. The lowest BCUT2D eigenvalue weighted by Crippen LogP contribution is -2.37. The van der Waals surface area contributed by atoms with Crippen molar-refractivity contribution in [1.82, 2.24) is 5.32 Å². The molecule has 2 aliphatic heterocycles. The van der Waals surface area contributed by atoms with Crippen LogP contribution in [-0.4, -0.2) is 36.8 Å². The molecule has 2 aliphatic rings. The predicted molar refractivity (Wildman–Crippen MR) is 82.6 cm³/mol. The number of fused-ring (bicyclic) bond motifs is 1. The van der Waals surface area contributed by atoms with Crippen molar-refractivity contribution >= 4 is 47.4 Å². The molecule has 1 fully saturated rings. The van der Waals surface area contributed by atoms with E-state index in [9.17, 15) is 4.79 Å². The van der Waals surface area contributed by atoms with Crippen molar-refractivity contribution in [2.75, 3.05) is 30.2 Å². The van der Waals surface area contributed by atoms with E-state index in [-0.39, 0.29) is 24.4 Å². The van der Waals surface area contributed by atoms with E-state index in [2.05, 4.69) is 10.6 Å². The van der Waals surface area contributed by atoms with Gasteiger partial charge in [-0.25, -0.2) is 0 Å². The Labute approximate surface area is 132 Å². The van der Waals surface area contributed by atoms with E-state index in [0.29, 0.717) is 35.4 Å². The molecule has 20 heavy (non-hydrogen) atoms. The summed E-state index contributed by atoms with van der Waals surface area (Å²) in [5, 5.41) is 6.38. The van der Waals surface area contributed by atoms with Crippen molar-refractivity contribution < 1.29 is 14.3 Å². The fourth-order valence-electron chi connectivity index (χ4n) is 1.94. The highest BCUT2D eigenvalue weighted by Gasteiger charge is 2.24. The minimum atomic E-state index is -0.172. The summed E-state index contributed by atoms with van der Waals surface area (Å²) in [6.45, 7) is 1.01. The Morgan fingerprint density at radius 1 is 1.35 bits per heavy atom. The summed E-state index contributed by atoms with van der Waals surface area (Å²) >= 11 is 7.83. The molecule has 8 heteroatoms. The molecule has 2 N–H and O–H groups in total. The van der Waals surface area contributed by atoms with Gasteiger partial charge in [0.15, 0.2) is 11.5 Å². The van der Waals surface area contributed by atoms with Crippen LogP contribution in [0.2, 0.25) is 5.02 Å². The Kier molecular flexibility index (Phi) is 5.26. The number of benzene rings is 1. The molecule has 5 nitrogen and oxygen atoms in total. The summed E-state index contributed by atoms with van der Waals surface area (Å²) in [6.07, 6.45) is 0. The van der Waals surface area contributed by atoms with Crippen LogP contribution < -0.4 is 20.1 Å². The van der Waals surface area contributed by atoms with E-state index in [0.717, 1.165) is 11.6 Å². The van der Waals surface area contributed by atoms with Gasteiger partial charge in [0, 0.05) is 23.8 Å². The Morgan fingerprint density at radius 3 is 2.70 bits per heavy atom. The third-order valence-corrected chi connectivity index (χ3v) is 4.18. The molecule has 0 spiro atoms. The van der Waals surface area contributed by atoms with Gasteiger partial charge in [0.1, 0.15) is 13.2 Å². The summed E-state index contributed by atoms with van der Waals surface area (Å²) in [7, 11) is 0. The van der Waals surface area contributed by atoms with E-state index in [1.54, 1.807) is 23.9 Å². The first-order chi connectivity index (χ1) is 9.24. The lowest BCUT2D eigenvalue weighted by Gasteiger charge is -2.20. The van der Waals surface area contributed by atoms with Gasteiger partial charge in [-0.15, -0.1) is 24.2 Å². The minimum absolute atomic E-state index is 0. The number of carbonyl (C=O) groups excluding carboxylic acids is 1. The molecule has 1 unspecified atom stereocenters. The van der Waals surface area contributed by atoms with Crippen LogP contribution in [0, 0.1) is 0 Å². The topological polar surface area (TPSA) is 59.6 Å². The number of amides is 1. The zero-order chi connectivity index (χ0) is 13.2. The largest absolute Gasteiger partial charge is 0.486 e.